The number of likely N-dealkylation sites (N-methyl/N-ethyl adjacent to an activating group) is 1. The molecule has 0 rings (SSSR count). The van der Waals surface area contributed by atoms with Gasteiger partial charge in [0.15, 0.2) is 0 Å². The summed E-state index contributed by atoms with van der Waals surface area (Å²) in [5, 5.41) is 9.03. The van der Waals surface area contributed by atoms with Gasteiger partial charge in [-0.2, -0.15) is 0 Å². The molecule has 0 saturated carbocycles. The molecule has 0 fully saturated rings. The molecule has 0 aromatic carbocycles. The maximum Gasteiger partial charge on any atom is 0.326 e. The van der Waals surface area contributed by atoms with Gasteiger partial charge in [-0.1, -0.05) is 20.8 Å². The lowest BCUT2D eigenvalue weighted by Gasteiger charge is -2.31. The molecular weight excluding hydrogens is 250 g/mol. The van der Waals surface area contributed by atoms with Gasteiger partial charge in [-0.25, -0.2) is 9.59 Å². The summed E-state index contributed by atoms with van der Waals surface area (Å²) in [6.07, 6.45) is 0.295. The zero-order chi connectivity index (χ0) is 15.2. The largest absolute Gasteiger partial charge is 0.480 e. The highest BCUT2D eigenvalue weighted by molar-refractivity contribution is 5.86. The van der Waals surface area contributed by atoms with Crippen LogP contribution in [0.15, 0.2) is 0 Å². The van der Waals surface area contributed by atoms with Crippen molar-refractivity contribution in [1.82, 2.24) is 9.80 Å². The summed E-state index contributed by atoms with van der Waals surface area (Å²) < 4.78 is 0. The second kappa shape index (κ2) is 7.60. The van der Waals surface area contributed by atoms with Crippen molar-refractivity contribution in [2.24, 2.45) is 11.7 Å². The van der Waals surface area contributed by atoms with Crippen LogP contribution in [0.4, 0.5) is 4.79 Å². The molecule has 0 bridgehead atoms. The molecule has 0 heterocycles. The van der Waals surface area contributed by atoms with Crippen molar-refractivity contribution in [3.63, 3.8) is 0 Å². The van der Waals surface area contributed by atoms with E-state index in [1.165, 1.54) is 11.9 Å². The first kappa shape index (κ1) is 17.2. The topological polar surface area (TPSA) is 104 Å². The minimum atomic E-state index is -1.07. The first-order valence-electron chi connectivity index (χ1n) is 6.23. The van der Waals surface area contributed by atoms with E-state index in [9.17, 15) is 14.4 Å². The first-order valence-corrected chi connectivity index (χ1v) is 6.23. The Balaban J connectivity index is 4.95. The molecule has 0 radical (unpaired) electrons. The Bertz CT molecular complexity index is 344. The highest BCUT2D eigenvalue weighted by Gasteiger charge is 2.29. The normalized spacial score (nSPS) is 12.1. The Morgan fingerprint density at radius 3 is 2.11 bits per heavy atom. The Morgan fingerprint density at radius 2 is 1.79 bits per heavy atom. The number of hydrogen-bond donors (Lipinski definition) is 2. The number of carboxylic acid groups (broad SMARTS) is 1. The third-order valence-electron chi connectivity index (χ3n) is 2.64. The molecular formula is C12H23N3O4. The van der Waals surface area contributed by atoms with Crippen molar-refractivity contribution in [2.75, 3.05) is 20.1 Å². The lowest BCUT2D eigenvalue weighted by molar-refractivity contribution is -0.142. The zero-order valence-corrected chi connectivity index (χ0v) is 11.9. The summed E-state index contributed by atoms with van der Waals surface area (Å²) in [6.45, 7) is 5.62. The van der Waals surface area contributed by atoms with Crippen molar-refractivity contribution in [2.45, 2.75) is 33.2 Å². The summed E-state index contributed by atoms with van der Waals surface area (Å²) in [6, 6.07) is -1.41. The van der Waals surface area contributed by atoms with Crippen LogP contribution in [0, 0.1) is 5.92 Å². The number of carbonyl (C=O) groups excluding carboxylic acids is 2. The molecule has 0 aliphatic heterocycles. The maximum atomic E-state index is 12.2. The van der Waals surface area contributed by atoms with E-state index in [0.717, 1.165) is 4.90 Å². The van der Waals surface area contributed by atoms with Gasteiger partial charge in [0, 0.05) is 13.6 Å². The van der Waals surface area contributed by atoms with Gasteiger partial charge in [0.05, 0.1) is 0 Å². The summed E-state index contributed by atoms with van der Waals surface area (Å²) in [5.74, 6) is -1.53. The molecule has 3 amide bonds. The van der Waals surface area contributed by atoms with Crippen molar-refractivity contribution in [1.29, 1.82) is 0 Å². The fourth-order valence-electron chi connectivity index (χ4n) is 1.81. The molecule has 0 aliphatic carbocycles. The predicted molar refractivity (Wildman–Crippen MR) is 70.5 cm³/mol. The van der Waals surface area contributed by atoms with Crippen molar-refractivity contribution < 1.29 is 19.5 Å². The number of amides is 3. The number of hydrogen-bond acceptors (Lipinski definition) is 3. The molecule has 0 spiro atoms. The van der Waals surface area contributed by atoms with E-state index in [-0.39, 0.29) is 12.5 Å². The van der Waals surface area contributed by atoms with Crippen LogP contribution < -0.4 is 5.73 Å². The number of nitrogens with two attached hydrogens (primary N) is 1. The summed E-state index contributed by atoms with van der Waals surface area (Å²) in [5.41, 5.74) is 5.11. The molecule has 0 aliphatic rings. The Labute approximate surface area is 113 Å². The van der Waals surface area contributed by atoms with Crippen LogP contribution in [0.1, 0.15) is 27.2 Å². The molecule has 1 atom stereocenters. The van der Waals surface area contributed by atoms with Crippen LogP contribution >= 0.6 is 0 Å². The first-order chi connectivity index (χ1) is 8.70. The molecule has 0 saturated heterocycles. The Morgan fingerprint density at radius 1 is 1.26 bits per heavy atom. The van der Waals surface area contributed by atoms with Gasteiger partial charge < -0.3 is 20.6 Å². The van der Waals surface area contributed by atoms with E-state index >= 15 is 0 Å². The van der Waals surface area contributed by atoms with Gasteiger partial charge in [-0.3, -0.25) is 4.79 Å². The monoisotopic (exact) mass is 273 g/mol. The molecule has 19 heavy (non-hydrogen) atoms. The third-order valence-corrected chi connectivity index (χ3v) is 2.64. The van der Waals surface area contributed by atoms with Crippen LogP contribution in [0.5, 0.6) is 0 Å². The van der Waals surface area contributed by atoms with Crippen LogP contribution in [0.3, 0.4) is 0 Å². The quantitative estimate of drug-likeness (QED) is 0.698. The molecule has 7 heteroatoms. The van der Waals surface area contributed by atoms with Crippen LogP contribution in [-0.4, -0.2) is 59.0 Å². The van der Waals surface area contributed by atoms with E-state index in [2.05, 4.69) is 0 Å². The lowest BCUT2D eigenvalue weighted by Crippen LogP contribution is -2.51. The standard InChI is InChI=1S/C12H23N3O4/c1-5-9(11(17)18)14(4)12(19)15(6-8(2)3)7-10(13)16/h8-9H,5-7H2,1-4H3,(H2,13,16)(H,17,18). The van der Waals surface area contributed by atoms with Gasteiger partial charge >= 0.3 is 12.0 Å². The summed E-state index contributed by atoms with van der Waals surface area (Å²) >= 11 is 0. The van der Waals surface area contributed by atoms with Crippen LogP contribution in [0.2, 0.25) is 0 Å². The molecule has 0 aromatic rings. The maximum absolute atomic E-state index is 12.2. The Hall–Kier alpha value is -1.79. The van der Waals surface area contributed by atoms with Crippen LogP contribution in [-0.2, 0) is 9.59 Å². The van der Waals surface area contributed by atoms with Crippen LogP contribution in [0.25, 0.3) is 0 Å². The molecule has 110 valence electrons. The molecule has 7 nitrogen and oxygen atoms in total. The van der Waals surface area contributed by atoms with Gasteiger partial charge in [0.25, 0.3) is 0 Å². The van der Waals surface area contributed by atoms with Gasteiger partial charge in [-0.05, 0) is 12.3 Å². The van der Waals surface area contributed by atoms with E-state index < -0.39 is 23.9 Å². The fourth-order valence-corrected chi connectivity index (χ4v) is 1.81. The molecule has 1 unspecified atom stereocenters. The zero-order valence-electron chi connectivity index (χ0n) is 11.9. The minimum Gasteiger partial charge on any atom is -0.480 e. The smallest absolute Gasteiger partial charge is 0.326 e. The summed E-state index contributed by atoms with van der Waals surface area (Å²) in [4.78, 5) is 36.6. The summed E-state index contributed by atoms with van der Waals surface area (Å²) in [7, 11) is 1.42. The van der Waals surface area contributed by atoms with E-state index in [1.54, 1.807) is 6.92 Å². The second-order valence-electron chi connectivity index (χ2n) is 4.90. The number of primary amides is 1. The van der Waals surface area contributed by atoms with Gasteiger partial charge in [0.1, 0.15) is 12.6 Å². The highest BCUT2D eigenvalue weighted by atomic mass is 16.4. The SMILES string of the molecule is CCC(C(=O)O)N(C)C(=O)N(CC(N)=O)CC(C)C. The Kier molecular flexibility index (Phi) is 6.89. The molecule has 0 aromatic heterocycles. The highest BCUT2D eigenvalue weighted by Crippen LogP contribution is 2.08. The van der Waals surface area contributed by atoms with E-state index in [0.29, 0.717) is 13.0 Å². The average Bonchev–Trinajstić information content (AvgIpc) is 2.26. The van der Waals surface area contributed by atoms with Gasteiger partial charge in [-0.15, -0.1) is 0 Å². The van der Waals surface area contributed by atoms with Gasteiger partial charge in [0.2, 0.25) is 5.91 Å². The lowest BCUT2D eigenvalue weighted by atomic mass is 10.2. The number of aliphatic carboxylic acids is 1. The van der Waals surface area contributed by atoms with E-state index in [4.69, 9.17) is 10.8 Å². The third kappa shape index (κ3) is 5.58. The minimum absolute atomic E-state index is 0.154. The number of carbonyl (C=O) groups is 3. The number of nitrogens with zero attached hydrogens (tertiary/aromatic N) is 2. The molecule has 3 N–H and O–H groups in total. The predicted octanol–water partition coefficient (Wildman–Crippen LogP) is 0.345. The second-order valence-corrected chi connectivity index (χ2v) is 4.90. The number of rotatable bonds is 7. The van der Waals surface area contributed by atoms with E-state index in [1.807, 2.05) is 13.8 Å². The number of urea groups is 1. The van der Waals surface area contributed by atoms with Crippen molar-refractivity contribution in [3.8, 4) is 0 Å². The fraction of sp³-hybridized carbons (Fsp3) is 0.750. The van der Waals surface area contributed by atoms with Crippen molar-refractivity contribution in [3.05, 3.63) is 0 Å². The van der Waals surface area contributed by atoms with Crippen molar-refractivity contribution >= 4 is 17.9 Å². The number of carboxylic acids is 1. The average molecular weight is 273 g/mol.